The summed E-state index contributed by atoms with van der Waals surface area (Å²) in [5.74, 6) is 1.70. The fraction of sp³-hybridized carbons (Fsp3) is 0.300. The van der Waals surface area contributed by atoms with Crippen molar-refractivity contribution in [3.05, 3.63) is 53.9 Å². The van der Waals surface area contributed by atoms with Gasteiger partial charge in [0.2, 0.25) is 6.79 Å². The van der Waals surface area contributed by atoms with Gasteiger partial charge < -0.3 is 19.4 Å². The molecule has 1 fully saturated rings. The second kappa shape index (κ2) is 6.59. The molecule has 2 aromatic carbocycles. The fourth-order valence-electron chi connectivity index (χ4n) is 3.66. The highest BCUT2D eigenvalue weighted by molar-refractivity contribution is 5.97. The van der Waals surface area contributed by atoms with Crippen molar-refractivity contribution in [3.63, 3.8) is 0 Å². The van der Waals surface area contributed by atoms with E-state index in [-0.39, 0.29) is 5.91 Å². The summed E-state index contributed by atoms with van der Waals surface area (Å²) in [6.45, 7) is 4.30. The van der Waals surface area contributed by atoms with Crippen LogP contribution in [-0.2, 0) is 6.54 Å². The van der Waals surface area contributed by atoms with Gasteiger partial charge in [-0.25, -0.2) is 4.98 Å². The maximum Gasteiger partial charge on any atom is 0.254 e. The van der Waals surface area contributed by atoms with E-state index in [0.29, 0.717) is 12.4 Å². The van der Waals surface area contributed by atoms with E-state index in [1.807, 2.05) is 35.2 Å². The van der Waals surface area contributed by atoms with Crippen LogP contribution < -0.4 is 9.47 Å². The zero-order valence-corrected chi connectivity index (χ0v) is 14.9. The lowest BCUT2D eigenvalue weighted by Gasteiger charge is -2.34. The molecule has 138 valence electrons. The van der Waals surface area contributed by atoms with Crippen molar-refractivity contribution in [2.45, 2.75) is 6.54 Å². The molecule has 7 heteroatoms. The molecule has 0 atom stereocenters. The van der Waals surface area contributed by atoms with Crippen molar-refractivity contribution in [1.82, 2.24) is 19.8 Å². The van der Waals surface area contributed by atoms with Crippen molar-refractivity contribution in [2.75, 3.05) is 33.0 Å². The van der Waals surface area contributed by atoms with Gasteiger partial charge in [0, 0.05) is 38.3 Å². The van der Waals surface area contributed by atoms with Gasteiger partial charge >= 0.3 is 0 Å². The first-order chi connectivity index (χ1) is 13.3. The highest BCUT2D eigenvalue weighted by Crippen LogP contribution is 2.32. The SMILES string of the molecule is O=C(c1ccc2nc[nH]c2c1)N1CCN(Cc2ccc3c(c2)OCO3)CC1. The molecule has 5 rings (SSSR count). The monoisotopic (exact) mass is 364 g/mol. The summed E-state index contributed by atoms with van der Waals surface area (Å²) in [5.41, 5.74) is 3.67. The Morgan fingerprint density at radius 1 is 1.04 bits per heavy atom. The second-order valence-electron chi connectivity index (χ2n) is 6.89. The average molecular weight is 364 g/mol. The Balaban J connectivity index is 1.21. The Hall–Kier alpha value is -3.06. The first-order valence-electron chi connectivity index (χ1n) is 9.09. The van der Waals surface area contributed by atoms with E-state index >= 15 is 0 Å². The third kappa shape index (κ3) is 3.10. The molecule has 7 nitrogen and oxygen atoms in total. The maximum absolute atomic E-state index is 12.8. The third-order valence-corrected chi connectivity index (χ3v) is 5.17. The number of hydrogen-bond acceptors (Lipinski definition) is 5. The Morgan fingerprint density at radius 3 is 2.78 bits per heavy atom. The molecule has 0 unspecified atom stereocenters. The minimum atomic E-state index is 0.0780. The lowest BCUT2D eigenvalue weighted by Crippen LogP contribution is -2.48. The molecule has 3 aromatic rings. The predicted molar refractivity (Wildman–Crippen MR) is 99.8 cm³/mol. The Labute approximate surface area is 156 Å². The zero-order valence-electron chi connectivity index (χ0n) is 14.9. The van der Waals surface area contributed by atoms with Gasteiger partial charge in [-0.2, -0.15) is 0 Å². The molecule has 2 aliphatic rings. The quantitative estimate of drug-likeness (QED) is 0.772. The number of hydrogen-bond donors (Lipinski definition) is 1. The standard InChI is InChI=1S/C20H20N4O3/c25-20(15-2-3-16-17(10-15)22-12-21-16)24-7-5-23(6-8-24)11-14-1-4-18-19(9-14)27-13-26-18/h1-4,9-10,12H,5-8,11,13H2,(H,21,22). The van der Waals surface area contributed by atoms with Crippen LogP contribution in [0.2, 0.25) is 0 Å². The van der Waals surface area contributed by atoms with Gasteiger partial charge in [-0.3, -0.25) is 9.69 Å². The molecule has 1 N–H and O–H groups in total. The zero-order chi connectivity index (χ0) is 18.2. The summed E-state index contributed by atoms with van der Waals surface area (Å²) < 4.78 is 10.8. The van der Waals surface area contributed by atoms with Crippen LogP contribution in [0.3, 0.4) is 0 Å². The minimum absolute atomic E-state index is 0.0780. The number of carbonyl (C=O) groups is 1. The number of rotatable bonds is 3. The molecule has 2 aliphatic heterocycles. The van der Waals surface area contributed by atoms with Gasteiger partial charge in [-0.1, -0.05) is 6.07 Å². The number of aromatic nitrogens is 2. The summed E-state index contributed by atoms with van der Waals surface area (Å²) >= 11 is 0. The van der Waals surface area contributed by atoms with Gasteiger partial charge in [0.05, 0.1) is 17.4 Å². The Bertz CT molecular complexity index is 992. The number of ether oxygens (including phenoxy) is 2. The molecule has 1 saturated heterocycles. The van der Waals surface area contributed by atoms with Gasteiger partial charge in [0.25, 0.3) is 5.91 Å². The van der Waals surface area contributed by atoms with Crippen LogP contribution in [0.1, 0.15) is 15.9 Å². The first kappa shape index (κ1) is 16.1. The lowest BCUT2D eigenvalue weighted by molar-refractivity contribution is 0.0628. The molecule has 0 aliphatic carbocycles. The molecule has 1 amide bonds. The van der Waals surface area contributed by atoms with Crippen molar-refractivity contribution in [3.8, 4) is 11.5 Å². The molecule has 1 aromatic heterocycles. The maximum atomic E-state index is 12.8. The number of H-pyrrole nitrogens is 1. The van der Waals surface area contributed by atoms with Gasteiger partial charge in [-0.15, -0.1) is 0 Å². The summed E-state index contributed by atoms with van der Waals surface area (Å²) in [4.78, 5) is 24.3. The summed E-state index contributed by atoms with van der Waals surface area (Å²) in [5, 5.41) is 0. The second-order valence-corrected chi connectivity index (χ2v) is 6.89. The van der Waals surface area contributed by atoms with Crippen LogP contribution in [0, 0.1) is 0 Å². The summed E-state index contributed by atoms with van der Waals surface area (Å²) in [6.07, 6.45) is 1.65. The average Bonchev–Trinajstić information content (AvgIpc) is 3.36. The topological polar surface area (TPSA) is 70.7 Å². The summed E-state index contributed by atoms with van der Waals surface area (Å²) in [7, 11) is 0. The molecular formula is C20H20N4O3. The number of benzene rings is 2. The minimum Gasteiger partial charge on any atom is -0.454 e. The largest absolute Gasteiger partial charge is 0.454 e. The fourth-order valence-corrected chi connectivity index (χ4v) is 3.66. The number of imidazole rings is 1. The first-order valence-corrected chi connectivity index (χ1v) is 9.09. The van der Waals surface area contributed by atoms with Crippen LogP contribution in [0.15, 0.2) is 42.7 Å². The van der Waals surface area contributed by atoms with E-state index in [1.165, 1.54) is 5.56 Å². The molecule has 0 radical (unpaired) electrons. The predicted octanol–water partition coefficient (Wildman–Crippen LogP) is 2.25. The third-order valence-electron chi connectivity index (χ3n) is 5.17. The molecule has 0 spiro atoms. The van der Waals surface area contributed by atoms with E-state index in [1.54, 1.807) is 6.33 Å². The molecule has 0 bridgehead atoms. The number of aromatic amines is 1. The number of piperazine rings is 1. The summed E-state index contributed by atoms with van der Waals surface area (Å²) in [6, 6.07) is 11.7. The van der Waals surface area contributed by atoms with E-state index in [9.17, 15) is 4.79 Å². The molecule has 0 saturated carbocycles. The van der Waals surface area contributed by atoms with E-state index < -0.39 is 0 Å². The smallest absolute Gasteiger partial charge is 0.254 e. The normalized spacial score (nSPS) is 16.8. The van der Waals surface area contributed by atoms with E-state index in [4.69, 9.17) is 9.47 Å². The van der Waals surface area contributed by atoms with E-state index in [0.717, 1.165) is 55.3 Å². The highest BCUT2D eigenvalue weighted by Gasteiger charge is 2.23. The van der Waals surface area contributed by atoms with Crippen molar-refractivity contribution >= 4 is 16.9 Å². The van der Waals surface area contributed by atoms with Crippen LogP contribution in [0.5, 0.6) is 11.5 Å². The van der Waals surface area contributed by atoms with E-state index in [2.05, 4.69) is 20.9 Å². The number of carbonyl (C=O) groups excluding carboxylic acids is 1. The highest BCUT2D eigenvalue weighted by atomic mass is 16.7. The van der Waals surface area contributed by atoms with Crippen LogP contribution in [-0.4, -0.2) is 58.6 Å². The van der Waals surface area contributed by atoms with Crippen LogP contribution in [0.4, 0.5) is 0 Å². The van der Waals surface area contributed by atoms with Gasteiger partial charge in [0.1, 0.15) is 0 Å². The number of fused-ring (bicyclic) bond motifs is 2. The van der Waals surface area contributed by atoms with Crippen molar-refractivity contribution < 1.29 is 14.3 Å². The lowest BCUT2D eigenvalue weighted by atomic mass is 10.1. The molecular weight excluding hydrogens is 344 g/mol. The van der Waals surface area contributed by atoms with Gasteiger partial charge in [-0.05, 0) is 35.9 Å². The van der Waals surface area contributed by atoms with Crippen molar-refractivity contribution in [1.29, 1.82) is 0 Å². The van der Waals surface area contributed by atoms with Crippen LogP contribution >= 0.6 is 0 Å². The number of nitrogens with zero attached hydrogens (tertiary/aromatic N) is 3. The van der Waals surface area contributed by atoms with Crippen LogP contribution in [0.25, 0.3) is 11.0 Å². The Kier molecular flexibility index (Phi) is 3.94. The molecule has 3 heterocycles. The number of nitrogens with one attached hydrogen (secondary N) is 1. The van der Waals surface area contributed by atoms with Crippen molar-refractivity contribution in [2.24, 2.45) is 0 Å². The Morgan fingerprint density at radius 2 is 1.89 bits per heavy atom. The number of amides is 1. The van der Waals surface area contributed by atoms with Gasteiger partial charge in [0.15, 0.2) is 11.5 Å². The molecule has 27 heavy (non-hydrogen) atoms.